The van der Waals surface area contributed by atoms with E-state index >= 15 is 0 Å². The van der Waals surface area contributed by atoms with E-state index in [1.807, 2.05) is 0 Å². The van der Waals surface area contributed by atoms with Gasteiger partial charge in [0.25, 0.3) is 0 Å². The molecule has 30 heavy (non-hydrogen) atoms. The normalized spacial score (nSPS) is 11.0. The van der Waals surface area contributed by atoms with E-state index in [1.165, 1.54) is 48.7 Å². The number of nitrogens with one attached hydrogen (secondary N) is 1. The zero-order valence-electron chi connectivity index (χ0n) is 15.6. The Morgan fingerprint density at radius 3 is 2.47 bits per heavy atom. The summed E-state index contributed by atoms with van der Waals surface area (Å²) in [5.41, 5.74) is 0.315. The molecule has 3 N–H and O–H groups in total. The molecule has 0 amide bonds. The standard InChI is InChI=1S/C20H18FN3O5S/c21-17-5-1-2-6-18(17)24-19-16(4-3-11-23-19)20(25)29-13-12-28-14-7-9-15(10-8-14)30(22,26)27/h1-11H,12-13H2,(H,23,24)(H2,22,26,27). The SMILES string of the molecule is NS(=O)(=O)c1ccc(OCCOC(=O)c2cccnc2Nc2ccccc2F)cc1. The van der Waals surface area contributed by atoms with Gasteiger partial charge in [0.2, 0.25) is 10.0 Å². The number of hydrogen-bond donors (Lipinski definition) is 2. The highest BCUT2D eigenvalue weighted by atomic mass is 32.2. The van der Waals surface area contributed by atoms with E-state index in [0.29, 0.717) is 5.75 Å². The number of pyridine rings is 1. The maximum Gasteiger partial charge on any atom is 0.342 e. The highest BCUT2D eigenvalue weighted by Crippen LogP contribution is 2.21. The summed E-state index contributed by atoms with van der Waals surface area (Å²) in [6.07, 6.45) is 1.47. The molecule has 0 fully saturated rings. The number of halogens is 1. The number of primary sulfonamides is 1. The quantitative estimate of drug-likeness (QED) is 0.416. The molecule has 0 spiro atoms. The summed E-state index contributed by atoms with van der Waals surface area (Å²) < 4.78 is 46.9. The molecule has 2 aromatic carbocycles. The molecular formula is C20H18FN3O5S. The second-order valence-electron chi connectivity index (χ2n) is 6.01. The maximum atomic E-state index is 13.8. The molecule has 0 aliphatic rings. The van der Waals surface area contributed by atoms with Gasteiger partial charge in [0.1, 0.15) is 36.2 Å². The summed E-state index contributed by atoms with van der Waals surface area (Å²) in [6.45, 7) is -0.0272. The van der Waals surface area contributed by atoms with Gasteiger partial charge < -0.3 is 14.8 Å². The van der Waals surface area contributed by atoms with Crippen molar-refractivity contribution in [1.82, 2.24) is 4.98 Å². The molecule has 3 aromatic rings. The number of nitrogens with two attached hydrogens (primary N) is 1. The number of sulfonamides is 1. The minimum Gasteiger partial charge on any atom is -0.490 e. The summed E-state index contributed by atoms with van der Waals surface area (Å²) in [6, 6.07) is 14.6. The van der Waals surface area contributed by atoms with Crippen molar-refractivity contribution in [3.05, 3.63) is 78.2 Å². The highest BCUT2D eigenvalue weighted by Gasteiger charge is 2.15. The van der Waals surface area contributed by atoms with Crippen LogP contribution in [0.2, 0.25) is 0 Å². The first-order valence-electron chi connectivity index (χ1n) is 8.74. The molecule has 0 atom stereocenters. The van der Waals surface area contributed by atoms with Crippen LogP contribution in [0, 0.1) is 5.82 Å². The van der Waals surface area contributed by atoms with Crippen molar-refractivity contribution < 1.29 is 27.1 Å². The second kappa shape index (κ2) is 9.33. The van der Waals surface area contributed by atoms with Crippen LogP contribution in [0.5, 0.6) is 5.75 Å². The van der Waals surface area contributed by atoms with Crippen LogP contribution in [0.3, 0.4) is 0 Å². The van der Waals surface area contributed by atoms with Gasteiger partial charge in [-0.3, -0.25) is 0 Å². The van der Waals surface area contributed by atoms with Crippen molar-refractivity contribution in [2.75, 3.05) is 18.5 Å². The van der Waals surface area contributed by atoms with Crippen LogP contribution in [0.4, 0.5) is 15.9 Å². The lowest BCUT2D eigenvalue weighted by molar-refractivity contribution is 0.0451. The van der Waals surface area contributed by atoms with Gasteiger partial charge >= 0.3 is 5.97 Å². The van der Waals surface area contributed by atoms with Gasteiger partial charge in [-0.1, -0.05) is 12.1 Å². The lowest BCUT2D eigenvalue weighted by Gasteiger charge is -2.12. The van der Waals surface area contributed by atoms with Crippen molar-refractivity contribution in [3.8, 4) is 5.75 Å². The Labute approximate surface area is 172 Å². The van der Waals surface area contributed by atoms with E-state index in [1.54, 1.807) is 18.2 Å². The van der Waals surface area contributed by atoms with Crippen LogP contribution in [-0.4, -0.2) is 32.6 Å². The van der Waals surface area contributed by atoms with E-state index in [4.69, 9.17) is 14.6 Å². The number of benzene rings is 2. The number of carbonyl (C=O) groups is 1. The first-order valence-corrected chi connectivity index (χ1v) is 10.3. The van der Waals surface area contributed by atoms with E-state index in [9.17, 15) is 17.6 Å². The number of aromatic nitrogens is 1. The average Bonchev–Trinajstić information content (AvgIpc) is 2.73. The summed E-state index contributed by atoms with van der Waals surface area (Å²) in [5, 5.41) is 7.81. The molecular weight excluding hydrogens is 413 g/mol. The minimum absolute atomic E-state index is 0.0345. The van der Waals surface area contributed by atoms with Gasteiger partial charge in [0, 0.05) is 6.20 Å². The van der Waals surface area contributed by atoms with Crippen molar-refractivity contribution in [2.24, 2.45) is 5.14 Å². The predicted octanol–water partition coefficient (Wildman–Crippen LogP) is 2.85. The fourth-order valence-electron chi connectivity index (χ4n) is 2.46. The molecule has 10 heteroatoms. The third kappa shape index (κ3) is 5.52. The Hall–Kier alpha value is -3.50. The Morgan fingerprint density at radius 1 is 1.03 bits per heavy atom. The van der Waals surface area contributed by atoms with Crippen LogP contribution >= 0.6 is 0 Å². The Balaban J connectivity index is 1.56. The van der Waals surface area contributed by atoms with Gasteiger partial charge in [-0.15, -0.1) is 0 Å². The highest BCUT2D eigenvalue weighted by molar-refractivity contribution is 7.89. The molecule has 0 bridgehead atoms. The fourth-order valence-corrected chi connectivity index (χ4v) is 2.97. The summed E-state index contributed by atoms with van der Waals surface area (Å²) in [5.74, 6) is -0.590. The van der Waals surface area contributed by atoms with Crippen LogP contribution in [0.15, 0.2) is 71.8 Å². The number of ether oxygens (including phenoxy) is 2. The van der Waals surface area contributed by atoms with Crippen LogP contribution < -0.4 is 15.2 Å². The van der Waals surface area contributed by atoms with Crippen LogP contribution in [-0.2, 0) is 14.8 Å². The molecule has 0 saturated carbocycles. The summed E-state index contributed by atoms with van der Waals surface area (Å²) in [4.78, 5) is 16.4. The first-order chi connectivity index (χ1) is 14.3. The summed E-state index contributed by atoms with van der Waals surface area (Å²) >= 11 is 0. The maximum absolute atomic E-state index is 13.8. The smallest absolute Gasteiger partial charge is 0.342 e. The minimum atomic E-state index is -3.78. The number of carbonyl (C=O) groups excluding carboxylic acids is 1. The molecule has 0 saturated heterocycles. The topological polar surface area (TPSA) is 121 Å². The van der Waals surface area contributed by atoms with Gasteiger partial charge in [0.05, 0.1) is 10.6 Å². The fraction of sp³-hybridized carbons (Fsp3) is 0.100. The zero-order chi connectivity index (χ0) is 21.6. The molecule has 0 radical (unpaired) electrons. The molecule has 156 valence electrons. The largest absolute Gasteiger partial charge is 0.490 e. The third-order valence-electron chi connectivity index (χ3n) is 3.89. The van der Waals surface area contributed by atoms with Gasteiger partial charge in [-0.05, 0) is 48.5 Å². The zero-order valence-corrected chi connectivity index (χ0v) is 16.4. The molecule has 1 aromatic heterocycles. The van der Waals surface area contributed by atoms with E-state index < -0.39 is 21.8 Å². The molecule has 1 heterocycles. The number of rotatable bonds is 8. The monoisotopic (exact) mass is 431 g/mol. The predicted molar refractivity (Wildman–Crippen MR) is 108 cm³/mol. The van der Waals surface area contributed by atoms with Crippen molar-refractivity contribution in [2.45, 2.75) is 4.90 Å². The average molecular weight is 431 g/mol. The molecule has 8 nitrogen and oxygen atoms in total. The number of anilines is 2. The number of hydrogen-bond acceptors (Lipinski definition) is 7. The van der Waals surface area contributed by atoms with E-state index in [2.05, 4.69) is 10.3 Å². The Kier molecular flexibility index (Phi) is 6.60. The van der Waals surface area contributed by atoms with Crippen LogP contribution in [0.1, 0.15) is 10.4 Å². The van der Waals surface area contributed by atoms with Crippen molar-refractivity contribution in [3.63, 3.8) is 0 Å². The first kappa shape index (κ1) is 21.2. The van der Waals surface area contributed by atoms with Gasteiger partial charge in [0.15, 0.2) is 0 Å². The van der Waals surface area contributed by atoms with Gasteiger partial charge in [-0.25, -0.2) is 27.7 Å². The second-order valence-corrected chi connectivity index (χ2v) is 7.57. The lowest BCUT2D eigenvalue weighted by atomic mass is 10.2. The molecule has 0 unspecified atom stereocenters. The number of para-hydroxylation sites is 1. The number of esters is 1. The molecule has 3 rings (SSSR count). The molecule has 0 aliphatic carbocycles. The van der Waals surface area contributed by atoms with Crippen molar-refractivity contribution >= 4 is 27.5 Å². The van der Waals surface area contributed by atoms with E-state index in [-0.39, 0.29) is 35.2 Å². The Bertz CT molecular complexity index is 1140. The Morgan fingerprint density at radius 2 is 1.77 bits per heavy atom. The summed E-state index contributed by atoms with van der Waals surface area (Å²) in [7, 11) is -3.78. The van der Waals surface area contributed by atoms with Crippen LogP contribution in [0.25, 0.3) is 0 Å². The van der Waals surface area contributed by atoms with Gasteiger partial charge in [-0.2, -0.15) is 0 Å². The van der Waals surface area contributed by atoms with E-state index in [0.717, 1.165) is 0 Å². The lowest BCUT2D eigenvalue weighted by Crippen LogP contribution is -2.14. The number of nitrogens with zero attached hydrogens (tertiary/aromatic N) is 1. The van der Waals surface area contributed by atoms with Crippen molar-refractivity contribution in [1.29, 1.82) is 0 Å². The molecule has 0 aliphatic heterocycles. The third-order valence-corrected chi connectivity index (χ3v) is 4.82.